The number of carbonyl (C=O) groups excluding carboxylic acids is 1. The Kier molecular flexibility index (Phi) is 9.84. The van der Waals surface area contributed by atoms with E-state index in [0.717, 1.165) is 61.5 Å². The van der Waals surface area contributed by atoms with Crippen LogP contribution in [-0.2, 0) is 14.3 Å². The van der Waals surface area contributed by atoms with Crippen molar-refractivity contribution in [1.82, 2.24) is 25.1 Å². The lowest BCUT2D eigenvalue weighted by Gasteiger charge is -2.37. The Labute approximate surface area is 250 Å². The number of ether oxygens (including phenoxy) is 1. The molecule has 0 bridgehead atoms. The van der Waals surface area contributed by atoms with Crippen LogP contribution in [0.1, 0.15) is 50.4 Å². The number of piperidine rings is 1. The smallest absolute Gasteiger partial charge is 0.475 e. The van der Waals surface area contributed by atoms with Crippen molar-refractivity contribution in [3.63, 3.8) is 0 Å². The molecule has 42 heavy (non-hydrogen) atoms. The second-order valence-corrected chi connectivity index (χ2v) is 11.3. The zero-order valence-corrected chi connectivity index (χ0v) is 24.7. The summed E-state index contributed by atoms with van der Waals surface area (Å²) in [6.45, 7) is 8.46. The molecule has 2 aliphatic heterocycles. The predicted octanol–water partition coefficient (Wildman–Crippen LogP) is 5.19. The number of carboxylic acids is 1. The van der Waals surface area contributed by atoms with Crippen LogP contribution in [-0.4, -0.2) is 74.7 Å². The van der Waals surface area contributed by atoms with Gasteiger partial charge >= 0.3 is 18.1 Å². The van der Waals surface area contributed by atoms with Gasteiger partial charge in [-0.15, -0.1) is 0 Å². The molecule has 0 radical (unpaired) electrons. The molecule has 2 saturated heterocycles. The number of benzene rings is 1. The third kappa shape index (κ3) is 7.24. The highest BCUT2D eigenvalue weighted by molar-refractivity contribution is 6.35. The summed E-state index contributed by atoms with van der Waals surface area (Å²) < 4.78 is 39.5. The molecule has 2 aromatic heterocycles. The van der Waals surface area contributed by atoms with Crippen molar-refractivity contribution in [3.05, 3.63) is 45.7 Å². The predicted molar refractivity (Wildman–Crippen MR) is 151 cm³/mol. The van der Waals surface area contributed by atoms with Gasteiger partial charge < -0.3 is 20.1 Å². The van der Waals surface area contributed by atoms with Gasteiger partial charge in [-0.25, -0.2) is 19.4 Å². The molecule has 228 valence electrons. The van der Waals surface area contributed by atoms with E-state index in [-0.39, 0.29) is 30.1 Å². The summed E-state index contributed by atoms with van der Waals surface area (Å²) in [6.07, 6.45) is -0.725. The molecule has 0 amide bonds. The van der Waals surface area contributed by atoms with E-state index >= 15 is 0 Å². The van der Waals surface area contributed by atoms with E-state index < -0.39 is 12.1 Å². The Bertz CT molecular complexity index is 1450. The van der Waals surface area contributed by atoms with Gasteiger partial charge in [0.25, 0.3) is 0 Å². The minimum atomic E-state index is -5.08. The number of nitrogens with one attached hydrogen (secondary N) is 1. The molecular weight excluding hydrogens is 600 g/mol. The topological polar surface area (TPSA) is 122 Å². The second kappa shape index (κ2) is 13.0. The van der Waals surface area contributed by atoms with Gasteiger partial charge in [-0.3, -0.25) is 4.79 Å². The monoisotopic (exact) mass is 630 g/mol. The van der Waals surface area contributed by atoms with Crippen molar-refractivity contribution in [2.24, 2.45) is 5.92 Å². The molecule has 15 heteroatoms. The highest BCUT2D eigenvalue weighted by atomic mass is 35.5. The molecule has 0 saturated carbocycles. The Morgan fingerprint density at radius 1 is 1.24 bits per heavy atom. The van der Waals surface area contributed by atoms with Gasteiger partial charge in [0.2, 0.25) is 0 Å². The van der Waals surface area contributed by atoms with Crippen LogP contribution < -0.4 is 10.2 Å². The number of hydrogen-bond acceptors (Lipinski definition) is 8. The maximum atomic E-state index is 12.5. The molecule has 1 aromatic carbocycles. The fourth-order valence-corrected chi connectivity index (χ4v) is 5.63. The number of fused-ring (bicyclic) bond motifs is 1. The van der Waals surface area contributed by atoms with Crippen molar-refractivity contribution in [3.8, 4) is 0 Å². The van der Waals surface area contributed by atoms with Crippen LogP contribution in [0.2, 0.25) is 10.0 Å². The van der Waals surface area contributed by atoms with Crippen LogP contribution in [0.4, 0.5) is 19.0 Å². The average molecular weight is 631 g/mol. The number of hydrogen-bond donors (Lipinski definition) is 2. The number of anilines is 1. The van der Waals surface area contributed by atoms with E-state index in [1.165, 1.54) is 0 Å². The number of alkyl halides is 3. The lowest BCUT2D eigenvalue weighted by Crippen LogP contribution is -2.46. The maximum Gasteiger partial charge on any atom is 0.490 e. The standard InChI is InChI=1S/C25H30Cl2N6O2.C2HF3O2/c1-14-13-32(10-8-21(14)35-25(34)20-5-4-9-28-20)22-12-29-23-15(2)31-33(24(23)30-22)16(3)18-7-6-17(26)11-19(18)27;3-2(4,5)1(6)7/h6-7,11-12,14,16,20-21,28H,4-5,8-10,13H2,1-3H3;(H,6,7)/t14-,16-,20+,21+;/m1./s1. The minimum Gasteiger partial charge on any atom is -0.475 e. The maximum absolute atomic E-state index is 12.5. The number of rotatable bonds is 5. The van der Waals surface area contributed by atoms with Gasteiger partial charge in [-0.05, 0) is 50.9 Å². The zero-order valence-electron chi connectivity index (χ0n) is 23.2. The molecule has 3 aromatic rings. The van der Waals surface area contributed by atoms with E-state index in [1.807, 2.05) is 36.9 Å². The Morgan fingerprint density at radius 2 is 1.95 bits per heavy atom. The molecule has 2 N–H and O–H groups in total. The second-order valence-electron chi connectivity index (χ2n) is 10.4. The van der Waals surface area contributed by atoms with Crippen molar-refractivity contribution in [2.45, 2.75) is 64.4 Å². The fourth-order valence-electron chi connectivity index (χ4n) is 5.06. The van der Waals surface area contributed by atoms with Crippen LogP contribution in [0.5, 0.6) is 0 Å². The highest BCUT2D eigenvalue weighted by Gasteiger charge is 2.38. The summed E-state index contributed by atoms with van der Waals surface area (Å²) in [5, 5.41) is 16.3. The lowest BCUT2D eigenvalue weighted by molar-refractivity contribution is -0.192. The first-order valence-corrected chi connectivity index (χ1v) is 14.2. The van der Waals surface area contributed by atoms with Crippen LogP contribution in [0, 0.1) is 12.8 Å². The van der Waals surface area contributed by atoms with Crippen LogP contribution in [0.3, 0.4) is 0 Å². The zero-order chi connectivity index (χ0) is 30.8. The summed E-state index contributed by atoms with van der Waals surface area (Å²) >= 11 is 12.6. The first-order chi connectivity index (χ1) is 19.8. The first kappa shape index (κ1) is 31.8. The minimum absolute atomic E-state index is 0.0855. The molecule has 4 atom stereocenters. The Hall–Kier alpha value is -3.16. The van der Waals surface area contributed by atoms with E-state index in [0.29, 0.717) is 15.7 Å². The number of nitrogens with zero attached hydrogens (tertiary/aromatic N) is 5. The van der Waals surface area contributed by atoms with E-state index in [1.54, 1.807) is 6.07 Å². The lowest BCUT2D eigenvalue weighted by atomic mass is 9.96. The third-order valence-corrected chi connectivity index (χ3v) is 7.91. The van der Waals surface area contributed by atoms with Gasteiger partial charge in [-0.2, -0.15) is 18.3 Å². The molecule has 0 unspecified atom stereocenters. The highest BCUT2D eigenvalue weighted by Crippen LogP contribution is 2.32. The molecule has 4 heterocycles. The van der Waals surface area contributed by atoms with Crippen molar-refractivity contribution < 1.29 is 32.6 Å². The first-order valence-electron chi connectivity index (χ1n) is 13.4. The molecular formula is C27H31Cl2F3N6O4. The van der Waals surface area contributed by atoms with Crippen molar-refractivity contribution in [1.29, 1.82) is 0 Å². The van der Waals surface area contributed by atoms with Gasteiger partial charge in [0.1, 0.15) is 23.5 Å². The van der Waals surface area contributed by atoms with Crippen LogP contribution >= 0.6 is 23.2 Å². The quantitative estimate of drug-likeness (QED) is 0.366. The number of aliphatic carboxylic acids is 1. The summed E-state index contributed by atoms with van der Waals surface area (Å²) in [5.41, 5.74) is 3.22. The molecule has 10 nitrogen and oxygen atoms in total. The summed E-state index contributed by atoms with van der Waals surface area (Å²) in [5.74, 6) is -1.90. The Balaban J connectivity index is 0.000000517. The van der Waals surface area contributed by atoms with E-state index in [4.69, 9.17) is 52.9 Å². The third-order valence-electron chi connectivity index (χ3n) is 7.34. The number of aryl methyl sites for hydroxylation is 1. The molecule has 2 fully saturated rings. The van der Waals surface area contributed by atoms with Crippen molar-refractivity contribution in [2.75, 3.05) is 24.5 Å². The number of halogens is 5. The van der Waals surface area contributed by atoms with E-state index in [2.05, 4.69) is 17.1 Å². The van der Waals surface area contributed by atoms with Crippen LogP contribution in [0.15, 0.2) is 24.4 Å². The number of carboxylic acid groups (broad SMARTS) is 1. The molecule has 0 spiro atoms. The number of esters is 1. The normalized spacial score (nSPS) is 21.5. The molecule has 5 rings (SSSR count). The summed E-state index contributed by atoms with van der Waals surface area (Å²) in [6, 6.07) is 5.19. The van der Waals surface area contributed by atoms with Crippen molar-refractivity contribution >= 4 is 52.1 Å². The number of carbonyl (C=O) groups is 2. The molecule has 2 aliphatic rings. The van der Waals surface area contributed by atoms with Gasteiger partial charge in [0, 0.05) is 35.5 Å². The fraction of sp³-hybridized carbons (Fsp3) is 0.519. The molecule has 0 aliphatic carbocycles. The SMILES string of the molecule is Cc1nn([C@H](C)c2ccc(Cl)cc2Cl)c2nc(N3CC[C@H](OC(=O)[C@@H]4CCCN4)[C@H](C)C3)cnc12.O=C(O)C(F)(F)F. The van der Waals surface area contributed by atoms with Gasteiger partial charge in [0.05, 0.1) is 17.9 Å². The van der Waals surface area contributed by atoms with Gasteiger partial charge in [0.15, 0.2) is 5.65 Å². The summed E-state index contributed by atoms with van der Waals surface area (Å²) in [4.78, 5) is 33.3. The summed E-state index contributed by atoms with van der Waals surface area (Å²) in [7, 11) is 0. The Morgan fingerprint density at radius 3 is 2.55 bits per heavy atom. The van der Waals surface area contributed by atoms with Crippen LogP contribution in [0.25, 0.3) is 11.2 Å². The van der Waals surface area contributed by atoms with Gasteiger partial charge in [-0.1, -0.05) is 36.2 Å². The average Bonchev–Trinajstić information content (AvgIpc) is 3.58. The van der Waals surface area contributed by atoms with E-state index in [9.17, 15) is 18.0 Å². The number of aromatic nitrogens is 4. The largest absolute Gasteiger partial charge is 0.490 e.